The summed E-state index contributed by atoms with van der Waals surface area (Å²) in [6.45, 7) is 8.97. The van der Waals surface area contributed by atoms with Gasteiger partial charge in [0.25, 0.3) is 0 Å². The lowest BCUT2D eigenvalue weighted by atomic mass is 9.58. The van der Waals surface area contributed by atoms with Gasteiger partial charge in [-0.3, -0.25) is 14.5 Å². The van der Waals surface area contributed by atoms with E-state index in [4.69, 9.17) is 24.0 Å². The van der Waals surface area contributed by atoms with E-state index in [-0.39, 0.29) is 42.5 Å². The van der Waals surface area contributed by atoms with Crippen molar-refractivity contribution in [3.63, 3.8) is 0 Å². The molecule has 45 heavy (non-hydrogen) atoms. The van der Waals surface area contributed by atoms with E-state index in [1.54, 1.807) is 0 Å². The van der Waals surface area contributed by atoms with E-state index >= 15 is 0 Å². The average molecular weight is 619 g/mol. The third kappa shape index (κ3) is 5.71. The van der Waals surface area contributed by atoms with Gasteiger partial charge in [-0.15, -0.1) is 0 Å². The normalized spacial score (nSPS) is 36.3. The van der Waals surface area contributed by atoms with Crippen LogP contribution in [0.3, 0.4) is 0 Å². The minimum atomic E-state index is -0.884. The first kappa shape index (κ1) is 30.8. The Balaban J connectivity index is 0.942. The zero-order chi connectivity index (χ0) is 31.2. The first-order chi connectivity index (χ1) is 21.8. The Hall–Kier alpha value is -2.82. The average Bonchev–Trinajstić information content (AvgIpc) is 3.29. The molecule has 0 aromatic heterocycles. The molecule has 9 nitrogen and oxygen atoms in total. The van der Waals surface area contributed by atoms with E-state index in [0.717, 1.165) is 38.8 Å². The molecule has 5 heterocycles. The molecule has 2 bridgehead atoms. The largest absolute Gasteiger partial charge is 0.435 e. The van der Waals surface area contributed by atoms with E-state index < -0.39 is 29.9 Å². The van der Waals surface area contributed by atoms with Gasteiger partial charge in [-0.05, 0) is 49.1 Å². The van der Waals surface area contributed by atoms with Crippen LogP contribution in [0.1, 0.15) is 76.5 Å². The molecule has 8 atom stereocenters. The van der Waals surface area contributed by atoms with E-state index in [2.05, 4.69) is 67.3 Å². The third-order valence-corrected chi connectivity index (χ3v) is 11.2. The smallest absolute Gasteiger partial charge is 0.308 e. The van der Waals surface area contributed by atoms with Gasteiger partial charge in [-0.1, -0.05) is 74.5 Å². The number of esters is 1. The van der Waals surface area contributed by atoms with Crippen molar-refractivity contribution >= 4 is 11.9 Å². The van der Waals surface area contributed by atoms with Gasteiger partial charge < -0.3 is 19.1 Å². The first-order valence-electron chi connectivity index (χ1n) is 16.8. The first-order valence-corrected chi connectivity index (χ1v) is 16.8. The molecular formula is C36H46N2O7. The summed E-state index contributed by atoms with van der Waals surface area (Å²) in [4.78, 5) is 42.7. The molecule has 6 aliphatic rings. The van der Waals surface area contributed by atoms with Crippen LogP contribution in [0.5, 0.6) is 0 Å². The number of carbonyl (C=O) groups excluding carboxylic acids is 2. The van der Waals surface area contributed by atoms with Crippen molar-refractivity contribution in [1.82, 2.24) is 9.80 Å². The highest BCUT2D eigenvalue weighted by molar-refractivity contribution is 5.81. The SMILES string of the molecule is C[C@H]1[C@H](OC(=O)CCC(=O)N2CCN(C(c3ccccc3)c3ccccc3)CC2)O[C@@H]2O[C@@]3(C)CC[C@H]4[C@H](C)CC[C@H]1[C@@]24OO3. The molecule has 1 aliphatic carbocycles. The van der Waals surface area contributed by atoms with E-state index in [1.165, 1.54) is 11.1 Å². The van der Waals surface area contributed by atoms with Crippen molar-refractivity contribution < 1.29 is 33.6 Å². The van der Waals surface area contributed by atoms with Crippen molar-refractivity contribution in [3.05, 3.63) is 71.8 Å². The van der Waals surface area contributed by atoms with Crippen LogP contribution in [0.15, 0.2) is 60.7 Å². The molecule has 242 valence electrons. The van der Waals surface area contributed by atoms with Crippen molar-refractivity contribution in [2.45, 2.75) is 89.3 Å². The summed E-state index contributed by atoms with van der Waals surface area (Å²) in [5.74, 6) is -0.643. The number of ether oxygens (including phenoxy) is 3. The van der Waals surface area contributed by atoms with Crippen LogP contribution >= 0.6 is 0 Å². The highest BCUT2D eigenvalue weighted by Crippen LogP contribution is 2.60. The standard InChI is InChI=1S/C36H46N2O7/c1-24-14-15-29-25(2)33(42-34-36(29)28(24)18-19-35(3,43-34)44-45-36)41-31(40)17-16-30(39)37-20-22-38(23-21-37)32(26-10-6-4-7-11-26)27-12-8-5-9-13-27/h4-13,24-25,28-29,32-34H,14-23H2,1-3H3/t24-,25-,28+,29-,33-,34-,35-,36-/m1/s1. The Kier molecular flexibility index (Phi) is 8.50. The summed E-state index contributed by atoms with van der Waals surface area (Å²) >= 11 is 0. The molecule has 0 radical (unpaired) electrons. The van der Waals surface area contributed by atoms with E-state index in [0.29, 0.717) is 19.0 Å². The van der Waals surface area contributed by atoms with Gasteiger partial charge in [-0.2, -0.15) is 0 Å². The minimum absolute atomic E-state index is 0.0145. The van der Waals surface area contributed by atoms with E-state index in [1.807, 2.05) is 24.0 Å². The molecule has 5 saturated heterocycles. The number of piperazine rings is 1. The molecule has 1 saturated carbocycles. The number of fused-ring (bicyclic) bond motifs is 2. The maximum atomic E-state index is 13.2. The number of hydrogen-bond acceptors (Lipinski definition) is 8. The molecule has 0 N–H and O–H groups in total. The second-order valence-corrected chi connectivity index (χ2v) is 13.9. The molecule has 2 aromatic rings. The minimum Gasteiger partial charge on any atom is -0.435 e. The third-order valence-electron chi connectivity index (χ3n) is 11.2. The van der Waals surface area contributed by atoms with Crippen LogP contribution in [-0.2, 0) is 33.6 Å². The zero-order valence-electron chi connectivity index (χ0n) is 26.6. The van der Waals surface area contributed by atoms with Crippen molar-refractivity contribution in [1.29, 1.82) is 0 Å². The van der Waals surface area contributed by atoms with Crippen molar-refractivity contribution in [3.8, 4) is 0 Å². The fraction of sp³-hybridized carbons (Fsp3) is 0.611. The summed E-state index contributed by atoms with van der Waals surface area (Å²) in [6, 6.07) is 21.2. The van der Waals surface area contributed by atoms with Gasteiger partial charge in [0, 0.05) is 50.9 Å². The molecule has 8 rings (SSSR count). The molecule has 2 aromatic carbocycles. The molecule has 6 fully saturated rings. The Labute approximate surface area is 266 Å². The second-order valence-electron chi connectivity index (χ2n) is 13.9. The predicted molar refractivity (Wildman–Crippen MR) is 165 cm³/mol. The molecule has 1 spiro atoms. The monoisotopic (exact) mass is 618 g/mol. The van der Waals surface area contributed by atoms with Gasteiger partial charge in [0.15, 0.2) is 11.9 Å². The van der Waals surface area contributed by atoms with Gasteiger partial charge in [0.05, 0.1) is 12.5 Å². The maximum absolute atomic E-state index is 13.2. The summed E-state index contributed by atoms with van der Waals surface area (Å²) in [5.41, 5.74) is 1.78. The van der Waals surface area contributed by atoms with Crippen molar-refractivity contribution in [2.24, 2.45) is 23.7 Å². The van der Waals surface area contributed by atoms with E-state index in [9.17, 15) is 9.59 Å². The number of carbonyl (C=O) groups is 2. The number of hydrogen-bond donors (Lipinski definition) is 0. The van der Waals surface area contributed by atoms with Gasteiger partial charge >= 0.3 is 5.97 Å². The van der Waals surface area contributed by atoms with Gasteiger partial charge in [-0.25, -0.2) is 9.78 Å². The van der Waals surface area contributed by atoms with Crippen LogP contribution in [0.4, 0.5) is 0 Å². The molecule has 5 aliphatic heterocycles. The fourth-order valence-corrected chi connectivity index (χ4v) is 8.68. The highest BCUT2D eigenvalue weighted by Gasteiger charge is 2.69. The van der Waals surface area contributed by atoms with Crippen LogP contribution in [0.25, 0.3) is 0 Å². The van der Waals surface area contributed by atoms with Crippen LogP contribution in [0, 0.1) is 23.7 Å². The Bertz CT molecular complexity index is 1310. The summed E-state index contributed by atoms with van der Waals surface area (Å²) < 4.78 is 18.7. The van der Waals surface area contributed by atoms with Crippen LogP contribution in [-0.4, -0.2) is 71.8 Å². The molecule has 9 heteroatoms. The van der Waals surface area contributed by atoms with Gasteiger partial charge in [0.1, 0.15) is 0 Å². The Morgan fingerprint density at radius 3 is 2.20 bits per heavy atom. The Morgan fingerprint density at radius 2 is 1.53 bits per heavy atom. The molecule has 0 unspecified atom stereocenters. The summed E-state index contributed by atoms with van der Waals surface area (Å²) in [6.07, 6.45) is 2.38. The number of benzene rings is 2. The second kappa shape index (κ2) is 12.4. The zero-order valence-corrected chi connectivity index (χ0v) is 26.6. The van der Waals surface area contributed by atoms with Crippen molar-refractivity contribution in [2.75, 3.05) is 26.2 Å². The maximum Gasteiger partial charge on any atom is 0.308 e. The topological polar surface area (TPSA) is 86.8 Å². The Morgan fingerprint density at radius 1 is 0.867 bits per heavy atom. The molecular weight excluding hydrogens is 572 g/mol. The lowest BCUT2D eigenvalue weighted by Gasteiger charge is -2.59. The number of rotatable bonds is 7. The predicted octanol–water partition coefficient (Wildman–Crippen LogP) is 5.45. The highest BCUT2D eigenvalue weighted by atomic mass is 17.3. The summed E-state index contributed by atoms with van der Waals surface area (Å²) in [7, 11) is 0. The summed E-state index contributed by atoms with van der Waals surface area (Å²) in [5, 5.41) is 0. The number of amides is 1. The lowest BCUT2D eigenvalue weighted by molar-refractivity contribution is -0.576. The van der Waals surface area contributed by atoms with Gasteiger partial charge in [0.2, 0.25) is 18.0 Å². The molecule has 1 amide bonds. The lowest BCUT2D eigenvalue weighted by Crippen LogP contribution is -2.70. The fourth-order valence-electron chi connectivity index (χ4n) is 8.68. The van der Waals surface area contributed by atoms with Crippen LogP contribution in [0.2, 0.25) is 0 Å². The van der Waals surface area contributed by atoms with Crippen LogP contribution < -0.4 is 0 Å². The number of nitrogens with zero attached hydrogens (tertiary/aromatic N) is 2. The quantitative estimate of drug-likeness (QED) is 0.299.